The Hall–Kier alpha value is -2.34. The fourth-order valence-corrected chi connectivity index (χ4v) is 4.72. The van der Waals surface area contributed by atoms with Gasteiger partial charge < -0.3 is 5.32 Å². The first kappa shape index (κ1) is 17.1. The van der Waals surface area contributed by atoms with Crippen LogP contribution in [0.2, 0.25) is 0 Å². The number of hydrogen-bond donors (Lipinski definition) is 3. The number of hydrogen-bond acceptors (Lipinski definition) is 7. The lowest BCUT2D eigenvalue weighted by atomic mass is 9.79. The summed E-state index contributed by atoms with van der Waals surface area (Å²) in [6, 6.07) is 4.53. The predicted octanol–water partition coefficient (Wildman–Crippen LogP) is 1.83. The summed E-state index contributed by atoms with van der Waals surface area (Å²) in [4.78, 5) is 22.2. The van der Waals surface area contributed by atoms with Crippen molar-refractivity contribution in [2.45, 2.75) is 44.3 Å². The van der Waals surface area contributed by atoms with E-state index in [0.717, 1.165) is 24.8 Å². The second-order valence-electron chi connectivity index (χ2n) is 6.93. The summed E-state index contributed by atoms with van der Waals surface area (Å²) in [5.41, 5.74) is 10.2. The van der Waals surface area contributed by atoms with Crippen LogP contribution in [0, 0.1) is 24.2 Å². The van der Waals surface area contributed by atoms with Gasteiger partial charge in [-0.05, 0) is 43.7 Å². The van der Waals surface area contributed by atoms with Gasteiger partial charge in [0.05, 0.1) is 17.1 Å². The molecule has 134 valence electrons. The first-order chi connectivity index (χ1) is 12.7. The lowest BCUT2D eigenvalue weighted by Gasteiger charge is -2.33. The number of carbonyl (C=O) groups is 1. The van der Waals surface area contributed by atoms with Crippen LogP contribution in [0.3, 0.4) is 0 Å². The Kier molecular flexibility index (Phi) is 4.68. The highest BCUT2D eigenvalue weighted by molar-refractivity contribution is 7.09. The third-order valence-electron chi connectivity index (χ3n) is 5.27. The van der Waals surface area contributed by atoms with Crippen LogP contribution in [0.1, 0.15) is 51.8 Å². The van der Waals surface area contributed by atoms with Crippen molar-refractivity contribution in [2.24, 2.45) is 5.92 Å². The molecule has 7 nitrogen and oxygen atoms in total. The van der Waals surface area contributed by atoms with E-state index in [9.17, 15) is 4.79 Å². The fraction of sp³-hybridized carbons (Fsp3) is 0.444. The van der Waals surface area contributed by atoms with Crippen molar-refractivity contribution in [3.05, 3.63) is 45.7 Å². The van der Waals surface area contributed by atoms with Gasteiger partial charge >= 0.3 is 0 Å². The van der Waals surface area contributed by atoms with Gasteiger partial charge in [0.1, 0.15) is 11.8 Å². The number of carbonyl (C=O) groups excluding carboxylic acids is 1. The minimum atomic E-state index is -0.163. The first-order valence-corrected chi connectivity index (χ1v) is 9.60. The highest BCUT2D eigenvalue weighted by atomic mass is 32.1. The van der Waals surface area contributed by atoms with E-state index < -0.39 is 0 Å². The second-order valence-corrected chi connectivity index (χ2v) is 7.84. The van der Waals surface area contributed by atoms with E-state index in [1.54, 1.807) is 17.4 Å². The summed E-state index contributed by atoms with van der Waals surface area (Å²) in [7, 11) is 0. The average molecular weight is 368 g/mol. The molecule has 0 radical (unpaired) electrons. The van der Waals surface area contributed by atoms with Crippen LogP contribution in [-0.2, 0) is 0 Å². The SMILES string of the molecule is Cc1cc(C#N)cnc1C(=O)NC1CCC2NNC(c3cncs3)C2C1. The zero-order valence-corrected chi connectivity index (χ0v) is 15.2. The van der Waals surface area contributed by atoms with Gasteiger partial charge in [-0.3, -0.25) is 15.2 Å². The molecule has 2 aromatic heterocycles. The van der Waals surface area contributed by atoms with Gasteiger partial charge in [0, 0.05) is 29.4 Å². The smallest absolute Gasteiger partial charge is 0.270 e. The molecule has 2 aromatic rings. The number of nitrogens with zero attached hydrogens (tertiary/aromatic N) is 3. The Labute approximate surface area is 155 Å². The Balaban J connectivity index is 1.44. The molecule has 2 aliphatic rings. The first-order valence-electron chi connectivity index (χ1n) is 8.72. The summed E-state index contributed by atoms with van der Waals surface area (Å²) in [5.74, 6) is 0.258. The zero-order valence-electron chi connectivity index (χ0n) is 14.4. The lowest BCUT2D eigenvalue weighted by molar-refractivity contribution is 0.0909. The maximum Gasteiger partial charge on any atom is 0.270 e. The maximum absolute atomic E-state index is 12.6. The number of fused-ring (bicyclic) bond motifs is 1. The monoisotopic (exact) mass is 368 g/mol. The number of rotatable bonds is 3. The van der Waals surface area contributed by atoms with Crippen molar-refractivity contribution in [1.82, 2.24) is 26.1 Å². The summed E-state index contributed by atoms with van der Waals surface area (Å²) < 4.78 is 0. The van der Waals surface area contributed by atoms with E-state index in [0.29, 0.717) is 23.2 Å². The molecule has 8 heteroatoms. The topological polar surface area (TPSA) is 103 Å². The summed E-state index contributed by atoms with van der Waals surface area (Å²) >= 11 is 1.66. The van der Waals surface area contributed by atoms with E-state index in [1.165, 1.54) is 11.1 Å². The number of nitrogens with one attached hydrogen (secondary N) is 3. The molecule has 1 saturated heterocycles. The largest absolute Gasteiger partial charge is 0.348 e. The quantitative estimate of drug-likeness (QED) is 0.764. The molecule has 4 rings (SSSR count). The number of thiazole rings is 1. The lowest BCUT2D eigenvalue weighted by Crippen LogP contribution is -2.44. The Morgan fingerprint density at radius 2 is 2.27 bits per heavy atom. The highest BCUT2D eigenvalue weighted by Crippen LogP contribution is 2.39. The molecule has 4 unspecified atom stereocenters. The minimum Gasteiger partial charge on any atom is -0.348 e. The number of nitriles is 1. The molecule has 0 spiro atoms. The molecule has 1 aliphatic carbocycles. The van der Waals surface area contributed by atoms with Crippen LogP contribution < -0.4 is 16.2 Å². The van der Waals surface area contributed by atoms with Crippen LogP contribution in [0.4, 0.5) is 0 Å². The van der Waals surface area contributed by atoms with Crippen molar-refractivity contribution < 1.29 is 4.79 Å². The number of amides is 1. The molecule has 3 heterocycles. The fourth-order valence-electron chi connectivity index (χ4n) is 3.98. The minimum absolute atomic E-state index is 0.123. The van der Waals surface area contributed by atoms with Crippen molar-refractivity contribution in [3.8, 4) is 6.07 Å². The Morgan fingerprint density at radius 3 is 3.00 bits per heavy atom. The van der Waals surface area contributed by atoms with Gasteiger partial charge in [-0.25, -0.2) is 10.4 Å². The molecular weight excluding hydrogens is 348 g/mol. The number of aromatic nitrogens is 2. The van der Waals surface area contributed by atoms with E-state index in [4.69, 9.17) is 5.26 Å². The van der Waals surface area contributed by atoms with Gasteiger partial charge in [-0.2, -0.15) is 5.26 Å². The van der Waals surface area contributed by atoms with Gasteiger partial charge in [-0.15, -0.1) is 11.3 Å². The molecule has 0 aromatic carbocycles. The molecular formula is C18H20N6OS. The third-order valence-corrected chi connectivity index (χ3v) is 6.13. The van der Waals surface area contributed by atoms with Crippen LogP contribution in [0.15, 0.2) is 24.0 Å². The van der Waals surface area contributed by atoms with E-state index in [2.05, 4.69) is 26.1 Å². The molecule has 26 heavy (non-hydrogen) atoms. The van der Waals surface area contributed by atoms with E-state index >= 15 is 0 Å². The molecule has 1 saturated carbocycles. The number of hydrazine groups is 1. The van der Waals surface area contributed by atoms with Gasteiger partial charge in [0.25, 0.3) is 5.91 Å². The molecule has 1 aliphatic heterocycles. The van der Waals surface area contributed by atoms with Crippen molar-refractivity contribution >= 4 is 17.2 Å². The predicted molar refractivity (Wildman–Crippen MR) is 97.2 cm³/mol. The second kappa shape index (κ2) is 7.11. The summed E-state index contributed by atoms with van der Waals surface area (Å²) in [6.45, 7) is 1.81. The standard InChI is InChI=1S/C18H20N6OS/c1-10-4-11(6-19)7-21-16(10)18(25)22-12-2-3-14-13(5-12)17(24-23-14)15-8-20-9-26-15/h4,7-9,12-14,17,23-24H,2-3,5H2,1H3,(H,22,25). The van der Waals surface area contributed by atoms with Crippen molar-refractivity contribution in [2.75, 3.05) is 0 Å². The molecule has 3 N–H and O–H groups in total. The number of aryl methyl sites for hydroxylation is 1. The van der Waals surface area contributed by atoms with Crippen LogP contribution in [0.5, 0.6) is 0 Å². The summed E-state index contributed by atoms with van der Waals surface area (Å²) in [5, 5.41) is 12.1. The third kappa shape index (κ3) is 3.21. The Morgan fingerprint density at radius 1 is 1.38 bits per heavy atom. The molecule has 2 fully saturated rings. The van der Waals surface area contributed by atoms with E-state index in [-0.39, 0.29) is 18.0 Å². The van der Waals surface area contributed by atoms with Crippen LogP contribution >= 0.6 is 11.3 Å². The zero-order chi connectivity index (χ0) is 18.1. The van der Waals surface area contributed by atoms with Crippen molar-refractivity contribution in [3.63, 3.8) is 0 Å². The number of pyridine rings is 1. The molecule has 4 atom stereocenters. The molecule has 1 amide bonds. The Bertz CT molecular complexity index is 846. The average Bonchev–Trinajstić information content (AvgIpc) is 3.30. The van der Waals surface area contributed by atoms with Crippen LogP contribution in [0.25, 0.3) is 0 Å². The summed E-state index contributed by atoms with van der Waals surface area (Å²) in [6.07, 6.45) is 6.22. The van der Waals surface area contributed by atoms with Crippen molar-refractivity contribution in [1.29, 1.82) is 5.26 Å². The van der Waals surface area contributed by atoms with Crippen LogP contribution in [-0.4, -0.2) is 28.0 Å². The van der Waals surface area contributed by atoms with Gasteiger partial charge in [0.15, 0.2) is 0 Å². The van der Waals surface area contributed by atoms with E-state index in [1.807, 2.05) is 24.7 Å². The van der Waals surface area contributed by atoms with Gasteiger partial charge in [-0.1, -0.05) is 0 Å². The maximum atomic E-state index is 12.6. The van der Waals surface area contributed by atoms with Gasteiger partial charge in [0.2, 0.25) is 0 Å². The normalized spacial score (nSPS) is 27.5. The molecule has 0 bridgehead atoms. The highest BCUT2D eigenvalue weighted by Gasteiger charge is 2.41.